The molecule has 2 heterocycles. The molecule has 1 aromatic carbocycles. The molecular formula is C21H24N2O2. The van der Waals surface area contributed by atoms with Gasteiger partial charge in [-0.1, -0.05) is 30.3 Å². The van der Waals surface area contributed by atoms with Gasteiger partial charge >= 0.3 is 0 Å². The first-order valence-corrected chi connectivity index (χ1v) is 9.19. The van der Waals surface area contributed by atoms with E-state index in [1.54, 1.807) is 12.4 Å². The molecule has 1 aliphatic heterocycles. The van der Waals surface area contributed by atoms with Crippen molar-refractivity contribution in [3.05, 3.63) is 60.4 Å². The predicted octanol–water partition coefficient (Wildman–Crippen LogP) is 3.33. The second-order valence-electron chi connectivity index (χ2n) is 7.14. The van der Waals surface area contributed by atoms with E-state index in [9.17, 15) is 4.79 Å². The molecular weight excluding hydrogens is 312 g/mol. The molecule has 1 saturated heterocycles. The minimum absolute atomic E-state index is 0.118. The Morgan fingerprint density at radius 3 is 2.68 bits per heavy atom. The molecule has 1 amide bonds. The van der Waals surface area contributed by atoms with Crippen molar-refractivity contribution in [2.75, 3.05) is 13.1 Å². The monoisotopic (exact) mass is 336 g/mol. The summed E-state index contributed by atoms with van der Waals surface area (Å²) in [5.41, 5.74) is 1.30. The summed E-state index contributed by atoms with van der Waals surface area (Å²) in [6, 6.07) is 14.3. The smallest absolute Gasteiger partial charge is 0.225 e. The van der Waals surface area contributed by atoms with Gasteiger partial charge < -0.3 is 9.64 Å². The number of rotatable bonds is 5. The highest BCUT2D eigenvalue weighted by Crippen LogP contribution is 2.33. The van der Waals surface area contributed by atoms with Crippen molar-refractivity contribution in [2.24, 2.45) is 11.8 Å². The Balaban J connectivity index is 1.49. The molecule has 4 heteroatoms. The Labute approximate surface area is 148 Å². The summed E-state index contributed by atoms with van der Waals surface area (Å²) in [5, 5.41) is 0. The van der Waals surface area contributed by atoms with Gasteiger partial charge in [-0.25, -0.2) is 0 Å². The van der Waals surface area contributed by atoms with E-state index < -0.39 is 0 Å². The number of carbonyl (C=O) groups is 1. The Morgan fingerprint density at radius 2 is 1.96 bits per heavy atom. The van der Waals surface area contributed by atoms with Gasteiger partial charge in [0.25, 0.3) is 0 Å². The third kappa shape index (κ3) is 4.01. The zero-order valence-electron chi connectivity index (χ0n) is 14.4. The second-order valence-corrected chi connectivity index (χ2v) is 7.14. The van der Waals surface area contributed by atoms with E-state index >= 15 is 0 Å². The Bertz CT molecular complexity index is 700. The van der Waals surface area contributed by atoms with Crippen LogP contribution in [0.5, 0.6) is 5.75 Å². The molecule has 4 nitrogen and oxygen atoms in total. The number of ether oxygens (including phenoxy) is 1. The minimum Gasteiger partial charge on any atom is -0.488 e. The molecule has 2 aromatic rings. The molecule has 0 spiro atoms. The Hall–Kier alpha value is -2.36. The molecule has 2 fully saturated rings. The number of hydrogen-bond acceptors (Lipinski definition) is 3. The molecule has 1 aliphatic carbocycles. The zero-order valence-corrected chi connectivity index (χ0v) is 14.4. The summed E-state index contributed by atoms with van der Waals surface area (Å²) in [6.07, 6.45) is 7.58. The van der Waals surface area contributed by atoms with Gasteiger partial charge in [-0.3, -0.25) is 9.78 Å². The summed E-state index contributed by atoms with van der Waals surface area (Å²) in [4.78, 5) is 18.7. The fourth-order valence-corrected chi connectivity index (χ4v) is 3.66. The molecule has 1 aromatic heterocycles. The first kappa shape index (κ1) is 16.1. The van der Waals surface area contributed by atoms with Crippen LogP contribution in [0, 0.1) is 11.8 Å². The number of hydrogen-bond donors (Lipinski definition) is 0. The van der Waals surface area contributed by atoms with E-state index in [-0.39, 0.29) is 12.0 Å². The van der Waals surface area contributed by atoms with Gasteiger partial charge in [-0.15, -0.1) is 0 Å². The van der Waals surface area contributed by atoms with Gasteiger partial charge in [0.15, 0.2) is 0 Å². The van der Waals surface area contributed by atoms with Gasteiger partial charge in [-0.2, -0.15) is 0 Å². The number of carbonyl (C=O) groups excluding carboxylic acids is 1. The third-order valence-corrected chi connectivity index (χ3v) is 5.17. The van der Waals surface area contributed by atoms with Crippen molar-refractivity contribution < 1.29 is 9.53 Å². The largest absolute Gasteiger partial charge is 0.488 e. The fraction of sp³-hybridized carbons (Fsp3) is 0.429. The van der Waals surface area contributed by atoms with Crippen LogP contribution in [0.4, 0.5) is 0 Å². The van der Waals surface area contributed by atoms with E-state index in [1.165, 1.54) is 5.56 Å². The highest BCUT2D eigenvalue weighted by molar-refractivity contribution is 5.81. The normalized spacial score (nSPS) is 23.3. The Morgan fingerprint density at radius 1 is 1.12 bits per heavy atom. The summed E-state index contributed by atoms with van der Waals surface area (Å²) < 4.78 is 6.24. The molecule has 1 saturated carbocycles. The maximum atomic E-state index is 12.5. The Kier molecular flexibility index (Phi) is 4.68. The van der Waals surface area contributed by atoms with Gasteiger partial charge in [0.2, 0.25) is 5.91 Å². The van der Waals surface area contributed by atoms with E-state index in [2.05, 4.69) is 34.1 Å². The molecule has 0 radical (unpaired) electrons. The number of nitrogens with zero attached hydrogens (tertiary/aromatic N) is 2. The first-order chi connectivity index (χ1) is 12.3. The van der Waals surface area contributed by atoms with Gasteiger partial charge in [0, 0.05) is 37.5 Å². The van der Waals surface area contributed by atoms with Crippen molar-refractivity contribution in [3.63, 3.8) is 0 Å². The van der Waals surface area contributed by atoms with Crippen LogP contribution >= 0.6 is 0 Å². The summed E-state index contributed by atoms with van der Waals surface area (Å²) in [6.45, 7) is 1.58. The number of aromatic nitrogens is 1. The number of pyridine rings is 1. The van der Waals surface area contributed by atoms with Crippen molar-refractivity contribution in [1.82, 2.24) is 9.88 Å². The first-order valence-electron chi connectivity index (χ1n) is 9.19. The van der Waals surface area contributed by atoms with Crippen LogP contribution in [0.1, 0.15) is 24.8 Å². The number of amides is 1. The molecule has 2 aliphatic rings. The number of benzene rings is 1. The molecule has 2 atom stereocenters. The molecule has 130 valence electrons. The number of piperidine rings is 1. The second kappa shape index (κ2) is 7.26. The summed E-state index contributed by atoms with van der Waals surface area (Å²) in [5.74, 6) is 1.75. The van der Waals surface area contributed by atoms with Crippen LogP contribution in [0.2, 0.25) is 0 Å². The minimum atomic E-state index is 0.118. The van der Waals surface area contributed by atoms with Crippen LogP contribution in [-0.2, 0) is 11.2 Å². The van der Waals surface area contributed by atoms with E-state index in [0.29, 0.717) is 11.8 Å². The van der Waals surface area contributed by atoms with Crippen molar-refractivity contribution in [1.29, 1.82) is 0 Å². The summed E-state index contributed by atoms with van der Waals surface area (Å²) in [7, 11) is 0. The molecule has 0 N–H and O–H groups in total. The maximum Gasteiger partial charge on any atom is 0.225 e. The lowest BCUT2D eigenvalue weighted by molar-refractivity contribution is -0.136. The molecule has 0 bridgehead atoms. The lowest BCUT2D eigenvalue weighted by Crippen LogP contribution is -2.49. The highest BCUT2D eigenvalue weighted by atomic mass is 16.5. The summed E-state index contributed by atoms with van der Waals surface area (Å²) >= 11 is 0. The molecule has 4 rings (SSSR count). The van der Waals surface area contributed by atoms with Crippen molar-refractivity contribution >= 4 is 5.91 Å². The zero-order chi connectivity index (χ0) is 17.1. The topological polar surface area (TPSA) is 42.4 Å². The van der Waals surface area contributed by atoms with E-state index in [4.69, 9.17) is 4.74 Å². The van der Waals surface area contributed by atoms with Gasteiger partial charge in [-0.05, 0) is 37.0 Å². The highest BCUT2D eigenvalue weighted by Gasteiger charge is 2.38. The SMILES string of the molecule is O=C(C1CC1)N1CC[C@@H](Oc2cccnc2)[C@@H](Cc2ccccc2)C1. The van der Waals surface area contributed by atoms with Crippen LogP contribution in [-0.4, -0.2) is 35.0 Å². The lowest BCUT2D eigenvalue weighted by atomic mass is 9.88. The molecule has 25 heavy (non-hydrogen) atoms. The van der Waals surface area contributed by atoms with Crippen molar-refractivity contribution in [2.45, 2.75) is 31.8 Å². The van der Waals surface area contributed by atoms with Crippen LogP contribution in [0.25, 0.3) is 0 Å². The number of likely N-dealkylation sites (tertiary alicyclic amines) is 1. The van der Waals surface area contributed by atoms with Crippen LogP contribution in [0.3, 0.4) is 0 Å². The van der Waals surface area contributed by atoms with Crippen LogP contribution in [0.15, 0.2) is 54.9 Å². The van der Waals surface area contributed by atoms with Crippen LogP contribution < -0.4 is 4.74 Å². The van der Waals surface area contributed by atoms with E-state index in [1.807, 2.05) is 18.2 Å². The standard InChI is InChI=1S/C21H24N2O2/c24-21(17-8-9-17)23-12-10-20(25-19-7-4-11-22-14-19)18(15-23)13-16-5-2-1-3-6-16/h1-7,11,14,17-18,20H,8-10,12-13,15H2/t18-,20+/m0/s1. The van der Waals surface area contributed by atoms with Gasteiger partial charge in [0.05, 0.1) is 6.20 Å². The van der Waals surface area contributed by atoms with Gasteiger partial charge in [0.1, 0.15) is 11.9 Å². The maximum absolute atomic E-state index is 12.5. The average molecular weight is 336 g/mol. The molecule has 0 unspecified atom stereocenters. The average Bonchev–Trinajstić information content (AvgIpc) is 3.49. The predicted molar refractivity (Wildman–Crippen MR) is 96.2 cm³/mol. The van der Waals surface area contributed by atoms with E-state index in [0.717, 1.165) is 44.5 Å². The fourth-order valence-electron chi connectivity index (χ4n) is 3.66. The third-order valence-electron chi connectivity index (χ3n) is 5.17. The lowest BCUT2D eigenvalue weighted by Gasteiger charge is -2.38. The van der Waals surface area contributed by atoms with Crippen molar-refractivity contribution in [3.8, 4) is 5.75 Å². The quantitative estimate of drug-likeness (QED) is 0.841.